The van der Waals surface area contributed by atoms with Crippen molar-refractivity contribution in [3.05, 3.63) is 59.1 Å². The highest BCUT2D eigenvalue weighted by molar-refractivity contribution is 7.92. The molecule has 0 heterocycles. The number of nitrogens with one attached hydrogen (secondary N) is 1. The van der Waals surface area contributed by atoms with Gasteiger partial charge in [0.15, 0.2) is 0 Å². The third-order valence-corrected chi connectivity index (χ3v) is 6.83. The average Bonchev–Trinajstić information content (AvgIpc) is 2.80. The first kappa shape index (κ1) is 27.5. The molecule has 0 aliphatic heterocycles. The maximum atomic E-state index is 13.5. The van der Waals surface area contributed by atoms with Gasteiger partial charge in [0.05, 0.1) is 19.1 Å². The molecule has 0 bridgehead atoms. The van der Waals surface area contributed by atoms with Gasteiger partial charge in [0.25, 0.3) is 0 Å². The number of ether oxygens (including phenoxy) is 1. The fourth-order valence-corrected chi connectivity index (χ4v) is 4.35. The number of hydrogen-bond donors (Lipinski definition) is 1. The van der Waals surface area contributed by atoms with Crippen LogP contribution < -0.4 is 14.4 Å². The zero-order chi connectivity index (χ0) is 25.3. The van der Waals surface area contributed by atoms with Crippen LogP contribution >= 0.6 is 11.6 Å². The summed E-state index contributed by atoms with van der Waals surface area (Å²) in [6.07, 6.45) is 2.76. The Morgan fingerprint density at radius 3 is 2.47 bits per heavy atom. The molecule has 1 atom stereocenters. The lowest BCUT2D eigenvalue weighted by atomic mass is 10.1. The molecule has 34 heavy (non-hydrogen) atoms. The molecule has 0 saturated heterocycles. The van der Waals surface area contributed by atoms with Gasteiger partial charge in [-0.15, -0.1) is 0 Å². The molecule has 0 aliphatic rings. The number of sulfonamides is 1. The van der Waals surface area contributed by atoms with Crippen LogP contribution in [0, 0.1) is 0 Å². The van der Waals surface area contributed by atoms with Gasteiger partial charge in [-0.25, -0.2) is 8.42 Å². The molecule has 186 valence electrons. The van der Waals surface area contributed by atoms with Crippen molar-refractivity contribution in [2.75, 3.05) is 30.8 Å². The number of benzene rings is 2. The predicted molar refractivity (Wildman–Crippen MR) is 135 cm³/mol. The van der Waals surface area contributed by atoms with Crippen molar-refractivity contribution in [3.63, 3.8) is 0 Å². The first-order chi connectivity index (χ1) is 16.1. The summed E-state index contributed by atoms with van der Waals surface area (Å²) in [5, 5.41) is 3.29. The van der Waals surface area contributed by atoms with E-state index in [1.54, 1.807) is 49.4 Å². The molecule has 2 aromatic carbocycles. The lowest BCUT2D eigenvalue weighted by molar-refractivity contribution is -0.139. The smallest absolute Gasteiger partial charge is 0.244 e. The van der Waals surface area contributed by atoms with Crippen LogP contribution in [0.5, 0.6) is 5.75 Å². The average molecular weight is 510 g/mol. The summed E-state index contributed by atoms with van der Waals surface area (Å²) >= 11 is 6.31. The fourth-order valence-electron chi connectivity index (χ4n) is 3.31. The minimum Gasteiger partial charge on any atom is -0.497 e. The van der Waals surface area contributed by atoms with E-state index in [0.29, 0.717) is 22.9 Å². The molecule has 8 nitrogen and oxygen atoms in total. The van der Waals surface area contributed by atoms with E-state index in [0.717, 1.165) is 23.4 Å². The van der Waals surface area contributed by atoms with Crippen LogP contribution in [0.15, 0.2) is 48.5 Å². The van der Waals surface area contributed by atoms with E-state index in [-0.39, 0.29) is 18.1 Å². The Labute approximate surface area is 206 Å². The van der Waals surface area contributed by atoms with Crippen molar-refractivity contribution in [1.29, 1.82) is 0 Å². The molecule has 0 unspecified atom stereocenters. The Morgan fingerprint density at radius 2 is 1.85 bits per heavy atom. The second kappa shape index (κ2) is 12.6. The molecule has 2 aromatic rings. The Bertz CT molecular complexity index is 1090. The molecule has 2 amide bonds. The van der Waals surface area contributed by atoms with Crippen molar-refractivity contribution in [1.82, 2.24) is 10.2 Å². The number of halogens is 1. The van der Waals surface area contributed by atoms with Gasteiger partial charge in [0.2, 0.25) is 21.8 Å². The Hall–Kier alpha value is -2.78. The molecule has 0 spiro atoms. The van der Waals surface area contributed by atoms with Gasteiger partial charge in [-0.3, -0.25) is 13.9 Å². The largest absolute Gasteiger partial charge is 0.497 e. The summed E-state index contributed by atoms with van der Waals surface area (Å²) in [5.74, 6) is -0.400. The number of methoxy groups -OCH3 is 1. The molecule has 0 aromatic heterocycles. The molecule has 1 N–H and O–H groups in total. The first-order valence-corrected chi connectivity index (χ1v) is 13.2. The number of anilines is 1. The van der Waals surface area contributed by atoms with Gasteiger partial charge in [-0.2, -0.15) is 0 Å². The second-order valence-corrected chi connectivity index (χ2v) is 10.2. The van der Waals surface area contributed by atoms with Gasteiger partial charge in [-0.1, -0.05) is 49.2 Å². The van der Waals surface area contributed by atoms with Crippen LogP contribution in [0.3, 0.4) is 0 Å². The minimum absolute atomic E-state index is 0.0522. The monoisotopic (exact) mass is 509 g/mol. The third-order valence-electron chi connectivity index (χ3n) is 5.32. The zero-order valence-corrected chi connectivity index (χ0v) is 21.5. The number of carbonyl (C=O) groups excluding carboxylic acids is 2. The van der Waals surface area contributed by atoms with Crippen molar-refractivity contribution >= 4 is 39.1 Å². The molecule has 0 fully saturated rings. The lowest BCUT2D eigenvalue weighted by Crippen LogP contribution is -2.51. The summed E-state index contributed by atoms with van der Waals surface area (Å²) in [7, 11) is -2.34. The summed E-state index contributed by atoms with van der Waals surface area (Å²) in [4.78, 5) is 27.6. The van der Waals surface area contributed by atoms with E-state index in [2.05, 4.69) is 5.32 Å². The van der Waals surface area contributed by atoms with Crippen LogP contribution in [-0.4, -0.2) is 57.6 Å². The van der Waals surface area contributed by atoms with Gasteiger partial charge < -0.3 is 15.0 Å². The number of unbranched alkanes of at least 4 members (excludes halogenated alkanes) is 1. The van der Waals surface area contributed by atoms with Crippen LogP contribution in [0.25, 0.3) is 0 Å². The maximum absolute atomic E-state index is 13.5. The van der Waals surface area contributed by atoms with E-state index in [4.69, 9.17) is 16.3 Å². The highest BCUT2D eigenvalue weighted by atomic mass is 35.5. The van der Waals surface area contributed by atoms with Crippen molar-refractivity contribution in [2.45, 2.75) is 39.3 Å². The van der Waals surface area contributed by atoms with Crippen LogP contribution in [-0.2, 0) is 26.2 Å². The summed E-state index contributed by atoms with van der Waals surface area (Å²) in [6, 6.07) is 12.6. The van der Waals surface area contributed by atoms with E-state index < -0.39 is 28.5 Å². The van der Waals surface area contributed by atoms with Gasteiger partial charge in [0.1, 0.15) is 18.3 Å². The van der Waals surface area contributed by atoms with Gasteiger partial charge in [-0.05, 0) is 37.1 Å². The highest BCUT2D eigenvalue weighted by Crippen LogP contribution is 2.24. The Kier molecular flexibility index (Phi) is 10.2. The summed E-state index contributed by atoms with van der Waals surface area (Å²) in [5.41, 5.74) is 0.936. The SMILES string of the molecule is CCCCNC(=O)[C@H](C)N(Cc1ccccc1Cl)C(=O)CN(c1cccc(OC)c1)S(C)(=O)=O. The Balaban J connectivity index is 2.37. The van der Waals surface area contributed by atoms with Gasteiger partial charge in [0, 0.05) is 24.2 Å². The van der Waals surface area contributed by atoms with E-state index in [1.165, 1.54) is 18.1 Å². The molecule has 0 saturated carbocycles. The number of hydrogen-bond acceptors (Lipinski definition) is 5. The number of carbonyl (C=O) groups is 2. The highest BCUT2D eigenvalue weighted by Gasteiger charge is 2.30. The lowest BCUT2D eigenvalue weighted by Gasteiger charge is -2.31. The Morgan fingerprint density at radius 1 is 1.15 bits per heavy atom. The van der Waals surface area contributed by atoms with E-state index in [1.807, 2.05) is 6.92 Å². The molecule has 10 heteroatoms. The van der Waals surface area contributed by atoms with E-state index >= 15 is 0 Å². The van der Waals surface area contributed by atoms with Gasteiger partial charge >= 0.3 is 0 Å². The van der Waals surface area contributed by atoms with Crippen LogP contribution in [0.4, 0.5) is 5.69 Å². The minimum atomic E-state index is -3.81. The molecular formula is C24H32ClN3O5S. The topological polar surface area (TPSA) is 96.0 Å². The normalized spacial score (nSPS) is 12.0. The third kappa shape index (κ3) is 7.63. The summed E-state index contributed by atoms with van der Waals surface area (Å²) in [6.45, 7) is 3.69. The standard InChI is InChI=1S/C24H32ClN3O5S/c1-5-6-14-26-24(30)18(2)27(16-19-10-7-8-13-22(19)25)23(29)17-28(34(4,31)32)20-11-9-12-21(15-20)33-3/h7-13,15,18H,5-6,14,16-17H2,1-4H3,(H,26,30)/t18-/m0/s1. The molecule has 0 radical (unpaired) electrons. The summed E-state index contributed by atoms with van der Waals surface area (Å²) < 4.78 is 31.4. The molecule has 0 aliphatic carbocycles. The predicted octanol–water partition coefficient (Wildman–Crippen LogP) is 3.45. The van der Waals surface area contributed by atoms with Crippen molar-refractivity contribution in [3.8, 4) is 5.75 Å². The first-order valence-electron chi connectivity index (χ1n) is 11.0. The van der Waals surface area contributed by atoms with Crippen LogP contribution in [0.2, 0.25) is 5.02 Å². The fraction of sp³-hybridized carbons (Fsp3) is 0.417. The quantitative estimate of drug-likeness (QED) is 0.442. The molecule has 2 rings (SSSR count). The van der Waals surface area contributed by atoms with Crippen molar-refractivity contribution in [2.24, 2.45) is 0 Å². The number of nitrogens with zero attached hydrogens (tertiary/aromatic N) is 2. The zero-order valence-electron chi connectivity index (χ0n) is 20.0. The van der Waals surface area contributed by atoms with Crippen molar-refractivity contribution < 1.29 is 22.7 Å². The second-order valence-electron chi connectivity index (χ2n) is 7.90. The molecular weight excluding hydrogens is 478 g/mol. The van der Waals surface area contributed by atoms with Crippen LogP contribution in [0.1, 0.15) is 32.3 Å². The number of rotatable bonds is 12. The maximum Gasteiger partial charge on any atom is 0.244 e. The number of amides is 2. The van der Waals surface area contributed by atoms with E-state index in [9.17, 15) is 18.0 Å².